The Morgan fingerprint density at radius 3 is 2.37 bits per heavy atom. The largest absolute Gasteiger partial charge is 0.459 e. The summed E-state index contributed by atoms with van der Waals surface area (Å²) in [5.41, 5.74) is -0.589. The first kappa shape index (κ1) is 13.4. The molecule has 1 aromatic carbocycles. The van der Waals surface area contributed by atoms with Crippen LogP contribution in [0.15, 0.2) is 30.3 Å². The van der Waals surface area contributed by atoms with E-state index in [2.05, 4.69) is 0 Å². The van der Waals surface area contributed by atoms with Gasteiger partial charge in [0, 0.05) is 0 Å². The number of hydrogen-bond donors (Lipinski definition) is 0. The molecule has 0 bridgehead atoms. The van der Waals surface area contributed by atoms with Crippen LogP contribution in [0.4, 0.5) is 0 Å². The maximum absolute atomic E-state index is 12.1. The van der Waals surface area contributed by atoms with Crippen molar-refractivity contribution >= 4 is 17.5 Å². The van der Waals surface area contributed by atoms with Gasteiger partial charge in [-0.05, 0) is 19.7 Å². The fourth-order valence-corrected chi connectivity index (χ4v) is 2.07. The van der Waals surface area contributed by atoms with Gasteiger partial charge in [-0.3, -0.25) is 14.5 Å². The Morgan fingerprint density at radius 1 is 1.26 bits per heavy atom. The lowest BCUT2D eigenvalue weighted by Crippen LogP contribution is -2.68. The average Bonchev–Trinajstić information content (AvgIpc) is 2.42. The normalized spacial score (nSPS) is 22.3. The highest BCUT2D eigenvalue weighted by molar-refractivity contribution is 6.52. The quantitative estimate of drug-likeness (QED) is 0.450. The van der Waals surface area contributed by atoms with Gasteiger partial charge < -0.3 is 4.74 Å². The van der Waals surface area contributed by atoms with Crippen molar-refractivity contribution in [2.75, 3.05) is 14.1 Å². The summed E-state index contributed by atoms with van der Waals surface area (Å²) in [6.07, 6.45) is -0.105. The number of carbonyl (C=O) groups is 3. The minimum absolute atomic E-state index is 0.0940. The average molecular weight is 261 g/mol. The van der Waals surface area contributed by atoms with Gasteiger partial charge in [0.15, 0.2) is 5.54 Å². The summed E-state index contributed by atoms with van der Waals surface area (Å²) in [5.74, 6) is -1.87. The molecule has 1 aromatic rings. The predicted molar refractivity (Wildman–Crippen MR) is 67.3 cm³/mol. The first-order chi connectivity index (χ1) is 8.98. The number of nitrogens with zero attached hydrogens (tertiary/aromatic N) is 1. The standard InChI is InChI=1S/C14H15NO4/c1-15(2)14(8-11(16)12(14)17)13(18)19-9-10-6-4-3-5-7-10/h3-7H,8-9H2,1-2H3/t14-/m0/s1. The molecule has 1 saturated carbocycles. The molecule has 0 radical (unpaired) electrons. The van der Waals surface area contributed by atoms with Crippen molar-refractivity contribution in [3.63, 3.8) is 0 Å². The van der Waals surface area contributed by atoms with Crippen LogP contribution < -0.4 is 0 Å². The Balaban J connectivity index is 2.06. The van der Waals surface area contributed by atoms with Crippen LogP contribution in [-0.4, -0.2) is 42.1 Å². The van der Waals surface area contributed by atoms with Gasteiger partial charge in [0.05, 0.1) is 6.42 Å². The topological polar surface area (TPSA) is 63.7 Å². The fraction of sp³-hybridized carbons (Fsp3) is 0.357. The molecule has 0 unspecified atom stereocenters. The van der Waals surface area contributed by atoms with Crippen LogP contribution in [-0.2, 0) is 25.7 Å². The van der Waals surface area contributed by atoms with E-state index in [1.54, 1.807) is 14.1 Å². The molecule has 1 fully saturated rings. The van der Waals surface area contributed by atoms with E-state index in [1.165, 1.54) is 4.90 Å². The second kappa shape index (κ2) is 4.93. The summed E-state index contributed by atoms with van der Waals surface area (Å²) in [5, 5.41) is 0. The summed E-state index contributed by atoms with van der Waals surface area (Å²) >= 11 is 0. The maximum Gasteiger partial charge on any atom is 0.335 e. The first-order valence-electron chi connectivity index (χ1n) is 5.94. The van der Waals surface area contributed by atoms with E-state index < -0.39 is 23.1 Å². The molecule has 5 nitrogen and oxygen atoms in total. The minimum Gasteiger partial charge on any atom is -0.459 e. The molecule has 0 heterocycles. The van der Waals surface area contributed by atoms with E-state index >= 15 is 0 Å². The number of ether oxygens (including phenoxy) is 1. The van der Waals surface area contributed by atoms with Gasteiger partial charge >= 0.3 is 5.97 Å². The van der Waals surface area contributed by atoms with Gasteiger partial charge in [0.2, 0.25) is 11.6 Å². The molecule has 1 aliphatic carbocycles. The summed E-state index contributed by atoms with van der Waals surface area (Å²) < 4.78 is 5.16. The summed E-state index contributed by atoms with van der Waals surface area (Å²) in [4.78, 5) is 36.4. The van der Waals surface area contributed by atoms with Crippen LogP contribution >= 0.6 is 0 Å². The molecule has 19 heavy (non-hydrogen) atoms. The number of ketones is 2. The van der Waals surface area contributed by atoms with Crippen molar-refractivity contribution < 1.29 is 19.1 Å². The number of rotatable bonds is 4. The van der Waals surface area contributed by atoms with Crippen LogP contribution in [0.1, 0.15) is 12.0 Å². The molecule has 0 aliphatic heterocycles. The zero-order chi connectivity index (χ0) is 14.0. The molecule has 1 atom stereocenters. The molecule has 0 N–H and O–H groups in total. The number of carbonyl (C=O) groups excluding carboxylic acids is 3. The Labute approximate surface area is 111 Å². The van der Waals surface area contributed by atoms with E-state index in [4.69, 9.17) is 4.74 Å². The smallest absolute Gasteiger partial charge is 0.335 e. The van der Waals surface area contributed by atoms with Crippen LogP contribution in [0.25, 0.3) is 0 Å². The molecular weight excluding hydrogens is 246 g/mol. The Hall–Kier alpha value is -2.01. The Morgan fingerprint density at radius 2 is 1.89 bits per heavy atom. The summed E-state index contributed by atoms with van der Waals surface area (Å²) in [6.45, 7) is 0.0940. The third-order valence-corrected chi connectivity index (χ3v) is 3.36. The van der Waals surface area contributed by atoms with E-state index in [9.17, 15) is 14.4 Å². The lowest BCUT2D eigenvalue weighted by atomic mass is 9.73. The molecule has 1 aliphatic rings. The molecule has 0 saturated heterocycles. The maximum atomic E-state index is 12.1. The molecule has 0 aromatic heterocycles. The van der Waals surface area contributed by atoms with Gasteiger partial charge in [-0.25, -0.2) is 4.79 Å². The van der Waals surface area contributed by atoms with Crippen molar-refractivity contribution in [1.82, 2.24) is 4.90 Å². The van der Waals surface area contributed by atoms with E-state index in [1.807, 2.05) is 30.3 Å². The molecule has 0 spiro atoms. The van der Waals surface area contributed by atoms with Crippen molar-refractivity contribution in [3.05, 3.63) is 35.9 Å². The monoisotopic (exact) mass is 261 g/mol. The van der Waals surface area contributed by atoms with Crippen LogP contribution in [0.5, 0.6) is 0 Å². The minimum atomic E-state index is -1.42. The van der Waals surface area contributed by atoms with Crippen molar-refractivity contribution in [3.8, 4) is 0 Å². The number of likely N-dealkylation sites (N-methyl/N-ethyl adjacent to an activating group) is 1. The van der Waals surface area contributed by atoms with Gasteiger partial charge in [0.25, 0.3) is 0 Å². The second-order valence-electron chi connectivity index (χ2n) is 4.75. The number of esters is 1. The van der Waals surface area contributed by atoms with Crippen molar-refractivity contribution in [1.29, 1.82) is 0 Å². The number of hydrogen-bond acceptors (Lipinski definition) is 5. The zero-order valence-electron chi connectivity index (χ0n) is 10.9. The molecular formula is C14H15NO4. The highest BCUT2D eigenvalue weighted by Crippen LogP contribution is 2.31. The molecule has 2 rings (SSSR count). The lowest BCUT2D eigenvalue weighted by molar-refractivity contribution is -0.173. The fourth-order valence-electron chi connectivity index (χ4n) is 2.07. The molecule has 5 heteroatoms. The first-order valence-corrected chi connectivity index (χ1v) is 5.94. The van der Waals surface area contributed by atoms with E-state index in [-0.39, 0.29) is 13.0 Å². The molecule has 0 amide bonds. The number of benzene rings is 1. The van der Waals surface area contributed by atoms with Crippen LogP contribution in [0.2, 0.25) is 0 Å². The third-order valence-electron chi connectivity index (χ3n) is 3.36. The van der Waals surface area contributed by atoms with Gasteiger partial charge in [-0.1, -0.05) is 30.3 Å². The number of Topliss-reactive ketones (excluding diaryl/α,β-unsaturated/α-hetero) is 2. The highest BCUT2D eigenvalue weighted by Gasteiger charge is 2.61. The van der Waals surface area contributed by atoms with Crippen molar-refractivity contribution in [2.24, 2.45) is 0 Å². The van der Waals surface area contributed by atoms with Gasteiger partial charge in [-0.15, -0.1) is 0 Å². The summed E-state index contributed by atoms with van der Waals surface area (Å²) in [7, 11) is 3.18. The van der Waals surface area contributed by atoms with E-state index in [0.29, 0.717) is 0 Å². The Kier molecular flexibility index (Phi) is 3.48. The lowest BCUT2D eigenvalue weighted by Gasteiger charge is -2.40. The highest BCUT2D eigenvalue weighted by atomic mass is 16.5. The zero-order valence-corrected chi connectivity index (χ0v) is 10.9. The molecule has 100 valence electrons. The van der Waals surface area contributed by atoms with Crippen molar-refractivity contribution in [2.45, 2.75) is 18.6 Å². The SMILES string of the molecule is CN(C)[C@@]1(C(=O)OCc2ccccc2)CC(=O)C1=O. The van der Waals surface area contributed by atoms with Crippen LogP contribution in [0.3, 0.4) is 0 Å². The predicted octanol–water partition coefficient (Wildman–Crippen LogP) is 0.572. The van der Waals surface area contributed by atoms with Crippen LogP contribution in [0, 0.1) is 0 Å². The summed E-state index contributed by atoms with van der Waals surface area (Å²) in [6, 6.07) is 9.18. The Bertz CT molecular complexity index is 524. The third kappa shape index (κ3) is 2.17. The van der Waals surface area contributed by atoms with Gasteiger partial charge in [0.1, 0.15) is 6.61 Å². The second-order valence-corrected chi connectivity index (χ2v) is 4.75. The van der Waals surface area contributed by atoms with E-state index in [0.717, 1.165) is 5.56 Å². The van der Waals surface area contributed by atoms with Gasteiger partial charge in [-0.2, -0.15) is 0 Å².